The maximum atomic E-state index is 12.4. The van der Waals surface area contributed by atoms with E-state index in [0.717, 1.165) is 18.3 Å². The standard InChI is InChI=1S/C14H12F3N5O/c15-14(16,17)11-3-2-9(6-20-11)12(23)22-7-10(8-22)21-13-18-4-1-5-19-13/h1-6,10H,7-8H2,(H,18,19,21). The molecular formula is C14H12F3N5O. The summed E-state index contributed by atoms with van der Waals surface area (Å²) in [6.07, 6.45) is -0.356. The zero-order valence-corrected chi connectivity index (χ0v) is 11.8. The topological polar surface area (TPSA) is 71.0 Å². The van der Waals surface area contributed by atoms with E-state index in [1.165, 1.54) is 4.90 Å². The van der Waals surface area contributed by atoms with Crippen molar-refractivity contribution < 1.29 is 18.0 Å². The zero-order chi connectivity index (χ0) is 16.4. The van der Waals surface area contributed by atoms with Gasteiger partial charge in [0.2, 0.25) is 5.95 Å². The molecule has 3 rings (SSSR count). The molecule has 2 aromatic heterocycles. The average Bonchev–Trinajstić information content (AvgIpc) is 2.50. The van der Waals surface area contributed by atoms with Crippen molar-refractivity contribution in [3.05, 3.63) is 48.0 Å². The fourth-order valence-electron chi connectivity index (χ4n) is 2.16. The number of amides is 1. The minimum absolute atomic E-state index is 0.0174. The smallest absolute Gasteiger partial charge is 0.348 e. The molecule has 0 aromatic carbocycles. The molecule has 0 aliphatic carbocycles. The highest BCUT2D eigenvalue weighted by Crippen LogP contribution is 2.27. The van der Waals surface area contributed by atoms with Gasteiger partial charge in [-0.05, 0) is 18.2 Å². The van der Waals surface area contributed by atoms with E-state index in [9.17, 15) is 18.0 Å². The van der Waals surface area contributed by atoms with Crippen LogP contribution < -0.4 is 5.32 Å². The highest BCUT2D eigenvalue weighted by molar-refractivity contribution is 5.94. The van der Waals surface area contributed by atoms with Crippen molar-refractivity contribution in [3.63, 3.8) is 0 Å². The van der Waals surface area contributed by atoms with Crippen LogP contribution in [0.3, 0.4) is 0 Å². The number of nitrogens with one attached hydrogen (secondary N) is 1. The monoisotopic (exact) mass is 323 g/mol. The van der Waals surface area contributed by atoms with Crippen LogP contribution >= 0.6 is 0 Å². The minimum Gasteiger partial charge on any atom is -0.348 e. The van der Waals surface area contributed by atoms with Gasteiger partial charge in [-0.1, -0.05) is 0 Å². The molecule has 23 heavy (non-hydrogen) atoms. The molecule has 1 amide bonds. The molecule has 0 saturated carbocycles. The molecule has 6 nitrogen and oxygen atoms in total. The van der Waals surface area contributed by atoms with Gasteiger partial charge in [-0.25, -0.2) is 9.97 Å². The number of hydrogen-bond donors (Lipinski definition) is 1. The number of rotatable bonds is 3. The number of alkyl halides is 3. The number of pyridine rings is 1. The Kier molecular flexibility index (Phi) is 3.85. The Morgan fingerprint density at radius 1 is 1.17 bits per heavy atom. The van der Waals surface area contributed by atoms with Crippen molar-refractivity contribution >= 4 is 11.9 Å². The number of carbonyl (C=O) groups is 1. The highest BCUT2D eigenvalue weighted by atomic mass is 19.4. The van der Waals surface area contributed by atoms with Crippen LogP contribution in [0.25, 0.3) is 0 Å². The largest absolute Gasteiger partial charge is 0.433 e. The van der Waals surface area contributed by atoms with Crippen molar-refractivity contribution in [2.45, 2.75) is 12.2 Å². The number of aromatic nitrogens is 3. The molecule has 3 heterocycles. The summed E-state index contributed by atoms with van der Waals surface area (Å²) >= 11 is 0. The molecule has 2 aromatic rings. The normalized spacial score (nSPS) is 15.2. The van der Waals surface area contributed by atoms with Gasteiger partial charge in [0.1, 0.15) is 5.69 Å². The summed E-state index contributed by atoms with van der Waals surface area (Å²) in [7, 11) is 0. The molecule has 1 fully saturated rings. The average molecular weight is 323 g/mol. The van der Waals surface area contributed by atoms with Crippen molar-refractivity contribution in [2.24, 2.45) is 0 Å². The van der Waals surface area contributed by atoms with E-state index in [4.69, 9.17) is 0 Å². The molecular weight excluding hydrogens is 311 g/mol. The van der Waals surface area contributed by atoms with E-state index in [1.807, 2.05) is 0 Å². The molecule has 120 valence electrons. The first kappa shape index (κ1) is 15.2. The number of anilines is 1. The van der Waals surface area contributed by atoms with Crippen molar-refractivity contribution in [1.29, 1.82) is 0 Å². The summed E-state index contributed by atoms with van der Waals surface area (Å²) in [5.41, 5.74) is -0.883. The van der Waals surface area contributed by atoms with E-state index < -0.39 is 11.9 Å². The Hall–Kier alpha value is -2.71. The lowest BCUT2D eigenvalue weighted by Crippen LogP contribution is -2.57. The molecule has 0 bridgehead atoms. The molecule has 9 heteroatoms. The summed E-state index contributed by atoms with van der Waals surface area (Å²) in [6, 6.07) is 3.66. The van der Waals surface area contributed by atoms with E-state index >= 15 is 0 Å². The summed E-state index contributed by atoms with van der Waals surface area (Å²) in [5.74, 6) is 0.124. The van der Waals surface area contributed by atoms with Crippen LogP contribution in [0, 0.1) is 0 Å². The van der Waals surface area contributed by atoms with E-state index in [2.05, 4.69) is 20.3 Å². The second-order valence-electron chi connectivity index (χ2n) is 5.05. The second kappa shape index (κ2) is 5.82. The van der Waals surface area contributed by atoms with Gasteiger partial charge in [-0.2, -0.15) is 13.2 Å². The van der Waals surface area contributed by atoms with Gasteiger partial charge in [-0.15, -0.1) is 0 Å². The first-order valence-corrected chi connectivity index (χ1v) is 6.79. The molecule has 0 radical (unpaired) electrons. The molecule has 0 unspecified atom stereocenters. The van der Waals surface area contributed by atoms with Crippen molar-refractivity contribution in [2.75, 3.05) is 18.4 Å². The number of halogens is 3. The molecule has 1 aliphatic heterocycles. The van der Waals surface area contributed by atoms with Crippen LogP contribution in [0.2, 0.25) is 0 Å². The molecule has 1 saturated heterocycles. The van der Waals surface area contributed by atoms with E-state index in [0.29, 0.717) is 19.0 Å². The van der Waals surface area contributed by atoms with Crippen LogP contribution in [0.15, 0.2) is 36.8 Å². The first-order valence-electron chi connectivity index (χ1n) is 6.79. The van der Waals surface area contributed by atoms with Gasteiger partial charge in [0, 0.05) is 31.7 Å². The first-order chi connectivity index (χ1) is 10.9. The summed E-state index contributed by atoms with van der Waals surface area (Å²) in [4.78, 5) is 25.0. The van der Waals surface area contributed by atoms with Crippen LogP contribution in [-0.4, -0.2) is 44.9 Å². The van der Waals surface area contributed by atoms with Crippen molar-refractivity contribution in [1.82, 2.24) is 19.9 Å². The minimum atomic E-state index is -4.51. The lowest BCUT2D eigenvalue weighted by atomic mass is 10.1. The predicted octanol–water partition coefficient (Wildman–Crippen LogP) is 1.83. The molecule has 0 spiro atoms. The predicted molar refractivity (Wildman–Crippen MR) is 74.6 cm³/mol. The van der Waals surface area contributed by atoms with Gasteiger partial charge in [-0.3, -0.25) is 9.78 Å². The van der Waals surface area contributed by atoms with Gasteiger partial charge < -0.3 is 10.2 Å². The Bertz CT molecular complexity index is 684. The lowest BCUT2D eigenvalue weighted by Gasteiger charge is -2.39. The highest BCUT2D eigenvalue weighted by Gasteiger charge is 2.34. The molecule has 1 N–H and O–H groups in total. The zero-order valence-electron chi connectivity index (χ0n) is 11.8. The summed E-state index contributed by atoms with van der Waals surface area (Å²) in [5, 5.41) is 3.06. The van der Waals surface area contributed by atoms with Crippen LogP contribution in [0.5, 0.6) is 0 Å². The molecule has 1 aliphatic rings. The molecule has 0 atom stereocenters. The van der Waals surface area contributed by atoms with Gasteiger partial charge in [0.05, 0.1) is 11.6 Å². The third kappa shape index (κ3) is 3.38. The van der Waals surface area contributed by atoms with Gasteiger partial charge in [0.15, 0.2) is 0 Å². The van der Waals surface area contributed by atoms with E-state index in [1.54, 1.807) is 18.5 Å². The lowest BCUT2D eigenvalue weighted by molar-refractivity contribution is -0.141. The van der Waals surface area contributed by atoms with E-state index in [-0.39, 0.29) is 17.5 Å². The van der Waals surface area contributed by atoms with Crippen molar-refractivity contribution in [3.8, 4) is 0 Å². The number of hydrogen-bond acceptors (Lipinski definition) is 5. The van der Waals surface area contributed by atoms with Crippen LogP contribution in [0.4, 0.5) is 19.1 Å². The summed E-state index contributed by atoms with van der Waals surface area (Å²) in [6.45, 7) is 0.857. The fraction of sp³-hybridized carbons (Fsp3) is 0.286. The Morgan fingerprint density at radius 2 is 1.87 bits per heavy atom. The summed E-state index contributed by atoms with van der Waals surface area (Å²) < 4.78 is 37.3. The SMILES string of the molecule is O=C(c1ccc(C(F)(F)F)nc1)N1CC(Nc2ncccn2)C1. The van der Waals surface area contributed by atoms with Crippen LogP contribution in [0.1, 0.15) is 16.1 Å². The number of carbonyl (C=O) groups excluding carboxylic acids is 1. The Morgan fingerprint density at radius 3 is 2.43 bits per heavy atom. The Labute approximate surface area is 129 Å². The fourth-order valence-corrected chi connectivity index (χ4v) is 2.16. The Balaban J connectivity index is 1.56. The third-order valence-electron chi connectivity index (χ3n) is 3.37. The quantitative estimate of drug-likeness (QED) is 0.933. The van der Waals surface area contributed by atoms with Gasteiger partial charge in [0.25, 0.3) is 5.91 Å². The number of nitrogens with zero attached hydrogens (tertiary/aromatic N) is 4. The number of likely N-dealkylation sites (tertiary alicyclic amines) is 1. The maximum Gasteiger partial charge on any atom is 0.433 e. The van der Waals surface area contributed by atoms with Crippen LogP contribution in [-0.2, 0) is 6.18 Å². The van der Waals surface area contributed by atoms with Gasteiger partial charge >= 0.3 is 6.18 Å². The third-order valence-corrected chi connectivity index (χ3v) is 3.37. The maximum absolute atomic E-state index is 12.4. The second-order valence-corrected chi connectivity index (χ2v) is 5.05.